The molecule has 1 nitrogen and oxygen atoms in total. The second-order valence-electron chi connectivity index (χ2n) is 0.982. The monoisotopic (exact) mass is 164 g/mol. The summed E-state index contributed by atoms with van der Waals surface area (Å²) in [4.78, 5) is 0. The second kappa shape index (κ2) is 3.17. The summed E-state index contributed by atoms with van der Waals surface area (Å²) < 4.78 is 0. The first kappa shape index (κ1) is 7.12. The minimum atomic E-state index is 0. The molecule has 0 aromatic carbocycles. The van der Waals surface area contributed by atoms with Crippen molar-refractivity contribution in [2.75, 3.05) is 0 Å². The van der Waals surface area contributed by atoms with Crippen LogP contribution in [0.5, 0.6) is 5.75 Å². The van der Waals surface area contributed by atoms with Gasteiger partial charge in [-0.25, -0.2) is 0 Å². The van der Waals surface area contributed by atoms with Crippen LogP contribution in [-0.4, -0.2) is 5.11 Å². The predicted octanol–water partition coefficient (Wildman–Crippen LogP) is 1.45. The van der Waals surface area contributed by atoms with Gasteiger partial charge in [0.05, 0.1) is 0 Å². The average molecular weight is 166 g/mol. The minimum Gasteiger partial charge on any atom is -0.507 e. The fourth-order valence-electron chi connectivity index (χ4n) is 0.257. The van der Waals surface area contributed by atoms with Crippen molar-refractivity contribution in [3.8, 4) is 5.75 Å². The van der Waals surface area contributed by atoms with Crippen LogP contribution in [0, 0.1) is 0 Å². The van der Waals surface area contributed by atoms with Crippen molar-refractivity contribution in [3.05, 3.63) is 16.8 Å². The summed E-state index contributed by atoms with van der Waals surface area (Å²) in [6, 6.07) is 1.66. The first-order valence-corrected chi connectivity index (χ1v) is 2.55. The topological polar surface area (TPSA) is 20.2 Å². The van der Waals surface area contributed by atoms with Gasteiger partial charge >= 0.3 is 0 Å². The van der Waals surface area contributed by atoms with Gasteiger partial charge in [0, 0.05) is 24.9 Å². The molecule has 0 fully saturated rings. The Kier molecular flexibility index (Phi) is 3.22. The molecule has 1 N–H and O–H groups in total. The van der Waals surface area contributed by atoms with Crippen molar-refractivity contribution in [1.82, 2.24) is 0 Å². The number of thiophene rings is 1. The molecule has 34 valence electrons. The van der Waals surface area contributed by atoms with Crippen LogP contribution in [0.3, 0.4) is 0 Å². The van der Waals surface area contributed by atoms with Gasteiger partial charge in [-0.3, -0.25) is 0 Å². The molecule has 1 heterocycles. The molecule has 1 aromatic rings. The molecule has 0 aliphatic heterocycles. The molecule has 0 amide bonds. The van der Waals surface area contributed by atoms with Crippen LogP contribution in [0.4, 0.5) is 0 Å². The maximum absolute atomic E-state index is 8.48. The van der Waals surface area contributed by atoms with Gasteiger partial charge in [0.25, 0.3) is 0 Å². The van der Waals surface area contributed by atoms with E-state index in [1.165, 1.54) is 11.3 Å². The van der Waals surface area contributed by atoms with Crippen LogP contribution in [0.25, 0.3) is 0 Å². The molecule has 1 rings (SSSR count). The Bertz CT molecular complexity index is 115. The molecular formula is C4H4OSZn. The molecule has 3 heteroatoms. The summed E-state index contributed by atoms with van der Waals surface area (Å²) in [7, 11) is 0. The Morgan fingerprint density at radius 1 is 1.57 bits per heavy atom. The molecular weight excluding hydrogens is 162 g/mol. The summed E-state index contributed by atoms with van der Waals surface area (Å²) in [5, 5.41) is 12.0. The van der Waals surface area contributed by atoms with E-state index in [1.807, 2.05) is 5.38 Å². The predicted molar refractivity (Wildman–Crippen MR) is 26.0 cm³/mol. The number of aromatic hydroxyl groups is 1. The van der Waals surface area contributed by atoms with Crippen LogP contribution in [0.15, 0.2) is 16.8 Å². The maximum Gasteiger partial charge on any atom is 0.126 e. The van der Waals surface area contributed by atoms with E-state index in [4.69, 9.17) is 5.11 Å². The minimum absolute atomic E-state index is 0. The standard InChI is InChI=1S/C4H4OS.Zn/c5-4-1-2-6-3-4;/h1-3,5H;. The van der Waals surface area contributed by atoms with Gasteiger partial charge in [0.2, 0.25) is 0 Å². The Morgan fingerprint density at radius 3 is 2.43 bits per heavy atom. The fraction of sp³-hybridized carbons (Fsp3) is 0. The van der Waals surface area contributed by atoms with Crippen LogP contribution >= 0.6 is 11.3 Å². The van der Waals surface area contributed by atoms with Crippen molar-refractivity contribution in [2.45, 2.75) is 0 Å². The Balaban J connectivity index is 0.000000360. The molecule has 0 unspecified atom stereocenters. The smallest absolute Gasteiger partial charge is 0.126 e. The van der Waals surface area contributed by atoms with Crippen molar-refractivity contribution >= 4 is 11.3 Å². The van der Waals surface area contributed by atoms with E-state index >= 15 is 0 Å². The number of hydrogen-bond acceptors (Lipinski definition) is 2. The summed E-state index contributed by atoms with van der Waals surface area (Å²) in [6.07, 6.45) is 0. The van der Waals surface area contributed by atoms with Crippen LogP contribution in [-0.2, 0) is 19.5 Å². The van der Waals surface area contributed by atoms with Crippen molar-refractivity contribution in [3.63, 3.8) is 0 Å². The molecule has 0 spiro atoms. The molecule has 7 heavy (non-hydrogen) atoms. The zero-order chi connectivity index (χ0) is 4.41. The van der Waals surface area contributed by atoms with Gasteiger partial charge in [-0.05, 0) is 11.4 Å². The third kappa shape index (κ3) is 2.05. The Morgan fingerprint density at radius 2 is 2.29 bits per heavy atom. The van der Waals surface area contributed by atoms with E-state index in [2.05, 4.69) is 0 Å². The van der Waals surface area contributed by atoms with Crippen LogP contribution in [0.2, 0.25) is 0 Å². The van der Waals surface area contributed by atoms with E-state index in [0.717, 1.165) is 0 Å². The molecule has 0 saturated heterocycles. The largest absolute Gasteiger partial charge is 0.507 e. The molecule has 0 aliphatic rings. The molecule has 1 aromatic heterocycles. The van der Waals surface area contributed by atoms with E-state index in [9.17, 15) is 0 Å². The summed E-state index contributed by atoms with van der Waals surface area (Å²) >= 11 is 1.49. The number of rotatable bonds is 0. The second-order valence-corrected chi connectivity index (χ2v) is 1.76. The van der Waals surface area contributed by atoms with Gasteiger partial charge in [-0.1, -0.05) is 0 Å². The molecule has 0 aliphatic carbocycles. The van der Waals surface area contributed by atoms with Crippen molar-refractivity contribution in [2.24, 2.45) is 0 Å². The Labute approximate surface area is 58.7 Å². The fourth-order valence-corrected chi connectivity index (χ4v) is 0.772. The Hall–Kier alpha value is 0.123. The molecule has 0 bridgehead atoms. The van der Waals surface area contributed by atoms with Crippen LogP contribution in [0.1, 0.15) is 0 Å². The quantitative estimate of drug-likeness (QED) is 0.577. The van der Waals surface area contributed by atoms with E-state index in [0.29, 0.717) is 5.75 Å². The first-order chi connectivity index (χ1) is 2.89. The summed E-state index contributed by atoms with van der Waals surface area (Å²) in [5.41, 5.74) is 0. The van der Waals surface area contributed by atoms with Gasteiger partial charge in [-0.2, -0.15) is 0 Å². The number of hydrogen-bond donors (Lipinski definition) is 1. The first-order valence-electron chi connectivity index (χ1n) is 1.61. The average Bonchev–Trinajstić information content (AvgIpc) is 1.86. The third-order valence-electron chi connectivity index (χ3n) is 0.506. The normalized spacial score (nSPS) is 7.43. The van der Waals surface area contributed by atoms with Crippen LogP contribution < -0.4 is 0 Å². The SMILES string of the molecule is Oc1ccsc1.[Zn]. The van der Waals surface area contributed by atoms with E-state index in [-0.39, 0.29) is 19.5 Å². The maximum atomic E-state index is 8.48. The zero-order valence-electron chi connectivity index (χ0n) is 3.79. The van der Waals surface area contributed by atoms with Gasteiger partial charge in [0.15, 0.2) is 0 Å². The van der Waals surface area contributed by atoms with Gasteiger partial charge in [-0.15, -0.1) is 11.3 Å². The summed E-state index contributed by atoms with van der Waals surface area (Å²) in [5.74, 6) is 0.361. The third-order valence-corrected chi connectivity index (χ3v) is 1.18. The van der Waals surface area contributed by atoms with E-state index in [1.54, 1.807) is 11.4 Å². The zero-order valence-corrected chi connectivity index (χ0v) is 7.58. The summed E-state index contributed by atoms with van der Waals surface area (Å²) in [6.45, 7) is 0. The van der Waals surface area contributed by atoms with Gasteiger partial charge < -0.3 is 5.11 Å². The molecule has 0 saturated carbocycles. The van der Waals surface area contributed by atoms with Gasteiger partial charge in [0.1, 0.15) is 5.75 Å². The molecule has 0 radical (unpaired) electrons. The van der Waals surface area contributed by atoms with Crippen molar-refractivity contribution < 1.29 is 24.6 Å². The van der Waals surface area contributed by atoms with Crippen molar-refractivity contribution in [1.29, 1.82) is 0 Å². The molecule has 0 atom stereocenters. The van der Waals surface area contributed by atoms with E-state index < -0.39 is 0 Å².